The van der Waals surface area contributed by atoms with Crippen molar-refractivity contribution in [3.05, 3.63) is 0 Å². The van der Waals surface area contributed by atoms with Gasteiger partial charge in [-0.05, 0) is 13.8 Å². The van der Waals surface area contributed by atoms with Crippen molar-refractivity contribution in [3.8, 4) is 0 Å². The molecular formula is C8H19IN2. The Bertz CT molecular complexity index is 116. The largest absolute Gasteiger partial charge is 1.00 e. The average molecular weight is 270 g/mol. The van der Waals surface area contributed by atoms with E-state index >= 15 is 0 Å². The van der Waals surface area contributed by atoms with Gasteiger partial charge in [0.1, 0.15) is 5.54 Å². The van der Waals surface area contributed by atoms with Gasteiger partial charge in [0.15, 0.2) is 0 Å². The molecule has 1 saturated heterocycles. The maximum atomic E-state index is 3.42. The average Bonchev–Trinajstić information content (AvgIpc) is 1.77. The molecule has 1 rings (SSSR count). The second kappa shape index (κ2) is 3.58. The van der Waals surface area contributed by atoms with Gasteiger partial charge in [0, 0.05) is 6.54 Å². The Kier molecular flexibility index (Phi) is 3.79. The number of halogens is 1. The van der Waals surface area contributed by atoms with E-state index in [1.807, 2.05) is 0 Å². The highest BCUT2D eigenvalue weighted by atomic mass is 127. The van der Waals surface area contributed by atoms with Crippen LogP contribution in [0.3, 0.4) is 0 Å². The normalized spacial score (nSPS) is 27.3. The molecule has 1 fully saturated rings. The lowest BCUT2D eigenvalue weighted by molar-refractivity contribution is -0.939. The molecule has 0 unspecified atom stereocenters. The van der Waals surface area contributed by atoms with Crippen molar-refractivity contribution in [2.45, 2.75) is 19.4 Å². The summed E-state index contributed by atoms with van der Waals surface area (Å²) in [4.78, 5) is 0. The predicted molar refractivity (Wildman–Crippen MR) is 43.9 cm³/mol. The van der Waals surface area contributed by atoms with E-state index in [0.717, 1.165) is 17.6 Å². The van der Waals surface area contributed by atoms with Crippen molar-refractivity contribution in [1.29, 1.82) is 0 Å². The van der Waals surface area contributed by atoms with Crippen LogP contribution in [0.5, 0.6) is 0 Å². The molecule has 3 heteroatoms. The van der Waals surface area contributed by atoms with Gasteiger partial charge in [-0.25, -0.2) is 0 Å². The molecule has 0 amide bonds. The number of quaternary nitrogens is 1. The van der Waals surface area contributed by atoms with Gasteiger partial charge >= 0.3 is 0 Å². The van der Waals surface area contributed by atoms with Crippen molar-refractivity contribution in [1.82, 2.24) is 5.32 Å². The van der Waals surface area contributed by atoms with Crippen molar-refractivity contribution in [2.24, 2.45) is 0 Å². The fourth-order valence-electron chi connectivity index (χ4n) is 1.27. The Balaban J connectivity index is 0.000001000. The van der Waals surface area contributed by atoms with Gasteiger partial charge in [0.25, 0.3) is 0 Å². The molecule has 0 aromatic heterocycles. The topological polar surface area (TPSA) is 12.0 Å². The highest BCUT2D eigenvalue weighted by molar-refractivity contribution is 4.76. The van der Waals surface area contributed by atoms with E-state index in [-0.39, 0.29) is 24.0 Å². The van der Waals surface area contributed by atoms with Gasteiger partial charge in [0.05, 0.1) is 27.2 Å². The minimum Gasteiger partial charge on any atom is -1.00 e. The lowest BCUT2D eigenvalue weighted by atomic mass is 9.98. The highest BCUT2D eigenvalue weighted by Gasteiger charge is 2.38. The monoisotopic (exact) mass is 270 g/mol. The van der Waals surface area contributed by atoms with Crippen LogP contribution in [0.15, 0.2) is 0 Å². The van der Waals surface area contributed by atoms with Gasteiger partial charge in [-0.1, -0.05) is 0 Å². The van der Waals surface area contributed by atoms with E-state index in [0.29, 0.717) is 5.54 Å². The number of likely N-dealkylation sites (N-methyl/N-ethyl adjacent to an activating group) is 1. The molecule has 11 heavy (non-hydrogen) atoms. The zero-order valence-electron chi connectivity index (χ0n) is 7.95. The first-order valence-electron chi connectivity index (χ1n) is 3.99. The van der Waals surface area contributed by atoms with Crippen molar-refractivity contribution < 1.29 is 28.5 Å². The summed E-state index contributed by atoms with van der Waals surface area (Å²) in [6.45, 7) is 8.18. The quantitative estimate of drug-likeness (QED) is 0.377. The van der Waals surface area contributed by atoms with Crippen LogP contribution < -0.4 is 29.3 Å². The molecule has 0 aliphatic carbocycles. The zero-order valence-corrected chi connectivity index (χ0v) is 10.1. The molecule has 0 spiro atoms. The molecule has 0 atom stereocenters. The molecule has 0 bridgehead atoms. The fourth-order valence-corrected chi connectivity index (χ4v) is 1.27. The highest BCUT2D eigenvalue weighted by Crippen LogP contribution is 2.20. The van der Waals surface area contributed by atoms with Crippen LogP contribution in [0, 0.1) is 0 Å². The lowest BCUT2D eigenvalue weighted by Gasteiger charge is -2.48. The number of piperazine rings is 1. The number of rotatable bonds is 0. The molecule has 0 radical (unpaired) electrons. The summed E-state index contributed by atoms with van der Waals surface area (Å²) in [5.74, 6) is 0. The zero-order chi connectivity index (χ0) is 7.83. The molecule has 1 heterocycles. The van der Waals surface area contributed by atoms with Crippen LogP contribution in [0.4, 0.5) is 0 Å². The first kappa shape index (κ1) is 11.6. The summed E-state index contributed by atoms with van der Waals surface area (Å²) in [6.07, 6.45) is 0. The maximum absolute atomic E-state index is 3.42. The summed E-state index contributed by atoms with van der Waals surface area (Å²) in [5.41, 5.74) is 0.401. The third-order valence-corrected chi connectivity index (χ3v) is 3.04. The summed E-state index contributed by atoms with van der Waals surface area (Å²) < 4.78 is 1.14. The van der Waals surface area contributed by atoms with Crippen molar-refractivity contribution >= 4 is 0 Å². The van der Waals surface area contributed by atoms with Crippen LogP contribution >= 0.6 is 0 Å². The lowest BCUT2D eigenvalue weighted by Crippen LogP contribution is -3.00. The van der Waals surface area contributed by atoms with Gasteiger partial charge in [-0.15, -0.1) is 0 Å². The molecule has 1 aliphatic heterocycles. The molecule has 0 saturated carbocycles. The molecule has 1 N–H and O–H groups in total. The molecular weight excluding hydrogens is 251 g/mol. The van der Waals surface area contributed by atoms with E-state index < -0.39 is 0 Å². The third kappa shape index (κ3) is 2.29. The number of hydrogen-bond donors (Lipinski definition) is 1. The fraction of sp³-hybridized carbons (Fsp3) is 1.00. The Morgan fingerprint density at radius 2 is 1.82 bits per heavy atom. The summed E-state index contributed by atoms with van der Waals surface area (Å²) >= 11 is 0. The Hall–Kier alpha value is 0.650. The molecule has 68 valence electrons. The molecule has 0 aromatic rings. The van der Waals surface area contributed by atoms with E-state index in [9.17, 15) is 0 Å². The van der Waals surface area contributed by atoms with Crippen LogP contribution in [0.1, 0.15) is 13.8 Å². The van der Waals surface area contributed by atoms with Crippen molar-refractivity contribution in [2.75, 3.05) is 33.7 Å². The van der Waals surface area contributed by atoms with Crippen molar-refractivity contribution in [3.63, 3.8) is 0 Å². The predicted octanol–water partition coefficient (Wildman–Crippen LogP) is -2.55. The summed E-state index contributed by atoms with van der Waals surface area (Å²) in [7, 11) is 4.61. The number of hydrogen-bond acceptors (Lipinski definition) is 1. The number of nitrogens with one attached hydrogen (secondary N) is 1. The van der Waals surface area contributed by atoms with Crippen LogP contribution in [0.2, 0.25) is 0 Å². The minimum atomic E-state index is 0. The SMILES string of the molecule is CC1(C)CNCC[N+]1(C)C.[I-]. The standard InChI is InChI=1S/C8H19N2.HI/c1-8(2)7-9-5-6-10(8,3)4;/h9H,5-7H2,1-4H3;1H/q+1;/p-1. The Morgan fingerprint density at radius 3 is 2.09 bits per heavy atom. The summed E-state index contributed by atoms with van der Waals surface area (Å²) in [6, 6.07) is 0. The Labute approximate surface area is 87.0 Å². The second-order valence-electron chi connectivity index (χ2n) is 4.40. The molecule has 1 aliphatic rings. The Morgan fingerprint density at radius 1 is 1.27 bits per heavy atom. The molecule has 0 aromatic carbocycles. The molecule has 2 nitrogen and oxygen atoms in total. The van der Waals surface area contributed by atoms with Gasteiger partial charge in [0.2, 0.25) is 0 Å². The minimum absolute atomic E-state index is 0. The van der Waals surface area contributed by atoms with Gasteiger partial charge in [-0.3, -0.25) is 0 Å². The first-order valence-corrected chi connectivity index (χ1v) is 3.99. The van der Waals surface area contributed by atoms with E-state index in [1.54, 1.807) is 0 Å². The van der Waals surface area contributed by atoms with E-state index in [2.05, 4.69) is 33.3 Å². The third-order valence-electron chi connectivity index (χ3n) is 3.04. The van der Waals surface area contributed by atoms with Crippen LogP contribution in [0.25, 0.3) is 0 Å². The van der Waals surface area contributed by atoms with Crippen LogP contribution in [-0.2, 0) is 0 Å². The smallest absolute Gasteiger partial charge is 0.106 e. The van der Waals surface area contributed by atoms with E-state index in [4.69, 9.17) is 0 Å². The second-order valence-corrected chi connectivity index (χ2v) is 4.40. The van der Waals surface area contributed by atoms with Gasteiger partial charge in [-0.2, -0.15) is 0 Å². The first-order chi connectivity index (χ1) is 4.46. The summed E-state index contributed by atoms with van der Waals surface area (Å²) in [5, 5.41) is 3.42. The van der Waals surface area contributed by atoms with Crippen LogP contribution in [-0.4, -0.2) is 43.8 Å². The van der Waals surface area contributed by atoms with E-state index in [1.165, 1.54) is 6.54 Å². The number of nitrogens with zero attached hydrogens (tertiary/aromatic N) is 1. The van der Waals surface area contributed by atoms with Gasteiger partial charge < -0.3 is 33.8 Å². The maximum Gasteiger partial charge on any atom is 0.106 e.